The number of aromatic nitrogens is 1. The van der Waals surface area contributed by atoms with E-state index in [0.717, 1.165) is 28.8 Å². The topological polar surface area (TPSA) is 119 Å². The Labute approximate surface area is 281 Å². The molecule has 248 valence electrons. The van der Waals surface area contributed by atoms with Gasteiger partial charge in [-0.05, 0) is 85.9 Å². The second-order valence-electron chi connectivity index (χ2n) is 14.6. The molecule has 1 aliphatic heterocycles. The van der Waals surface area contributed by atoms with Crippen molar-refractivity contribution in [3.05, 3.63) is 76.9 Å². The smallest absolute Gasteiger partial charge is 0.404 e. The van der Waals surface area contributed by atoms with Crippen LogP contribution in [0.15, 0.2) is 60.2 Å². The summed E-state index contributed by atoms with van der Waals surface area (Å²) in [6.45, 7) is 12.8. The van der Waals surface area contributed by atoms with Gasteiger partial charge < -0.3 is 25.3 Å². The normalized spacial score (nSPS) is 25.3. The van der Waals surface area contributed by atoms with E-state index >= 15 is 0 Å². The summed E-state index contributed by atoms with van der Waals surface area (Å²) in [5.74, 6) is -0.424. The van der Waals surface area contributed by atoms with E-state index in [1.165, 1.54) is 6.20 Å². The van der Waals surface area contributed by atoms with E-state index < -0.39 is 36.5 Å². The van der Waals surface area contributed by atoms with Gasteiger partial charge in [-0.2, -0.15) is 0 Å². The molecule has 1 aromatic carbocycles. The van der Waals surface area contributed by atoms with Gasteiger partial charge in [0, 0.05) is 34.9 Å². The number of thiophene rings is 1. The summed E-state index contributed by atoms with van der Waals surface area (Å²) in [6.07, 6.45) is 5.86. The van der Waals surface area contributed by atoms with Crippen LogP contribution in [0.1, 0.15) is 80.2 Å². The van der Waals surface area contributed by atoms with Gasteiger partial charge in [-0.3, -0.25) is 19.4 Å². The molecule has 3 amide bonds. The van der Waals surface area contributed by atoms with E-state index in [-0.39, 0.29) is 29.9 Å². The first-order valence-corrected chi connectivity index (χ1v) is 17.5. The Hall–Kier alpha value is -3.54. The fourth-order valence-corrected chi connectivity index (χ4v) is 8.40. The fraction of sp³-hybridized carbons (Fsp3) is 0.500. The van der Waals surface area contributed by atoms with E-state index in [2.05, 4.69) is 55.6 Å². The third kappa shape index (κ3) is 6.75. The van der Waals surface area contributed by atoms with Crippen molar-refractivity contribution >= 4 is 36.2 Å². The van der Waals surface area contributed by atoms with Crippen LogP contribution in [0.25, 0.3) is 10.4 Å². The van der Waals surface area contributed by atoms with Gasteiger partial charge in [-0.1, -0.05) is 51.5 Å². The lowest BCUT2D eigenvalue weighted by Crippen LogP contribution is -2.65. The van der Waals surface area contributed by atoms with E-state index in [1.807, 2.05) is 36.6 Å². The first-order valence-electron chi connectivity index (χ1n) is 16.6. The minimum atomic E-state index is -1.07. The van der Waals surface area contributed by atoms with Gasteiger partial charge >= 0.3 is 7.12 Å². The number of carbonyl (C=O) groups excluding carboxylic acids is 3. The Morgan fingerprint density at radius 2 is 1.79 bits per heavy atom. The van der Waals surface area contributed by atoms with Crippen molar-refractivity contribution in [3.63, 3.8) is 0 Å². The van der Waals surface area contributed by atoms with Crippen LogP contribution >= 0.6 is 11.3 Å². The SMILES string of the molecule is Cc1ccc(C(=O)NC[C@H](NC(=O)c2cncc(-c3cccs3)c2)C(=O)N[C@@H](CC(C)C)B2O[C@@H]3C[C@@H]4C[C@@H](C4(C)C)[C@]3(C)O2)cc1. The molecule has 3 saturated carbocycles. The highest BCUT2D eigenvalue weighted by molar-refractivity contribution is 7.13. The van der Waals surface area contributed by atoms with Crippen LogP contribution in [-0.2, 0) is 14.1 Å². The van der Waals surface area contributed by atoms with Gasteiger partial charge in [0.25, 0.3) is 11.8 Å². The standard InChI is InChI=1S/C36H45BN4O5S/c1-21(2)14-31(37-45-30-17-26-16-29(35(26,4)5)36(30,6)46-37)41-34(44)27(20-39-32(42)23-11-9-22(3)10-12-23)40-33(43)25-15-24(18-38-19-25)28-8-7-13-47-28/h7-13,15,18-19,21,26-27,29-31H,14,16-17,20H2,1-6H3,(H,39,42)(H,40,43)(H,41,44)/t26-,27-,29-,30+,31-,36-/m0/s1. The molecular weight excluding hydrogens is 611 g/mol. The highest BCUT2D eigenvalue weighted by atomic mass is 32.1. The number of carbonyl (C=O) groups is 3. The van der Waals surface area contributed by atoms with Crippen LogP contribution in [0.2, 0.25) is 0 Å². The monoisotopic (exact) mass is 656 g/mol. The molecule has 4 fully saturated rings. The van der Waals surface area contributed by atoms with Crippen LogP contribution in [0.4, 0.5) is 0 Å². The average Bonchev–Trinajstić information content (AvgIpc) is 3.70. The number of amides is 3. The lowest BCUT2D eigenvalue weighted by molar-refractivity contribution is -0.199. The summed E-state index contributed by atoms with van der Waals surface area (Å²) in [7, 11) is -0.614. The zero-order valence-corrected chi connectivity index (χ0v) is 28.9. The number of pyridine rings is 1. The first-order chi connectivity index (χ1) is 22.3. The molecule has 4 aliphatic rings. The lowest BCUT2D eigenvalue weighted by atomic mass is 9.43. The molecule has 3 heterocycles. The number of aryl methyl sites for hydroxylation is 1. The molecule has 7 rings (SSSR count). The van der Waals surface area contributed by atoms with Crippen LogP contribution < -0.4 is 16.0 Å². The Kier molecular flexibility index (Phi) is 9.35. The van der Waals surface area contributed by atoms with Crippen molar-refractivity contribution in [1.82, 2.24) is 20.9 Å². The largest absolute Gasteiger partial charge is 0.481 e. The van der Waals surface area contributed by atoms with Crippen LogP contribution in [-0.4, -0.2) is 60.1 Å². The maximum absolute atomic E-state index is 14.1. The predicted molar refractivity (Wildman–Crippen MR) is 184 cm³/mol. The Bertz CT molecular complexity index is 1610. The maximum atomic E-state index is 14.1. The third-order valence-electron chi connectivity index (χ3n) is 10.6. The molecule has 11 heteroatoms. The highest BCUT2D eigenvalue weighted by Gasteiger charge is 2.68. The molecule has 3 aliphatic carbocycles. The van der Waals surface area contributed by atoms with Crippen molar-refractivity contribution in [2.45, 2.75) is 84.5 Å². The molecule has 1 saturated heterocycles. The van der Waals surface area contributed by atoms with Gasteiger partial charge in [0.2, 0.25) is 5.91 Å². The first kappa shape index (κ1) is 33.4. The maximum Gasteiger partial charge on any atom is 0.481 e. The van der Waals surface area contributed by atoms with Gasteiger partial charge in [-0.15, -0.1) is 11.3 Å². The summed E-state index contributed by atoms with van der Waals surface area (Å²) in [5.41, 5.74) is 2.41. The molecule has 2 bridgehead atoms. The summed E-state index contributed by atoms with van der Waals surface area (Å²) in [5, 5.41) is 10.8. The molecule has 47 heavy (non-hydrogen) atoms. The second-order valence-corrected chi connectivity index (χ2v) is 15.6. The molecule has 0 spiro atoms. The van der Waals surface area contributed by atoms with Crippen molar-refractivity contribution in [2.24, 2.45) is 23.2 Å². The Morgan fingerprint density at radius 3 is 2.47 bits per heavy atom. The predicted octanol–water partition coefficient (Wildman–Crippen LogP) is 5.45. The van der Waals surface area contributed by atoms with Crippen molar-refractivity contribution in [3.8, 4) is 10.4 Å². The molecule has 3 N–H and O–H groups in total. The molecule has 9 nitrogen and oxygen atoms in total. The van der Waals surface area contributed by atoms with E-state index in [0.29, 0.717) is 29.4 Å². The molecule has 0 radical (unpaired) electrons. The third-order valence-corrected chi connectivity index (χ3v) is 11.5. The van der Waals surface area contributed by atoms with Gasteiger partial charge in [-0.25, -0.2) is 0 Å². The summed E-state index contributed by atoms with van der Waals surface area (Å²) < 4.78 is 13.3. The molecule has 2 aromatic heterocycles. The second kappa shape index (κ2) is 13.2. The van der Waals surface area contributed by atoms with Crippen molar-refractivity contribution in [2.75, 3.05) is 6.54 Å². The molecule has 6 atom stereocenters. The number of hydrogen-bond acceptors (Lipinski definition) is 7. The molecule has 3 aromatic rings. The zero-order valence-electron chi connectivity index (χ0n) is 28.0. The summed E-state index contributed by atoms with van der Waals surface area (Å²) >= 11 is 1.55. The molecular formula is C36H45BN4O5S. The van der Waals surface area contributed by atoms with Gasteiger partial charge in [0.05, 0.1) is 23.2 Å². The van der Waals surface area contributed by atoms with Crippen molar-refractivity contribution in [1.29, 1.82) is 0 Å². The Morgan fingerprint density at radius 1 is 1.02 bits per heavy atom. The number of rotatable bonds is 11. The van der Waals surface area contributed by atoms with Crippen LogP contribution in [0.5, 0.6) is 0 Å². The minimum absolute atomic E-state index is 0.0248. The van der Waals surface area contributed by atoms with Gasteiger partial charge in [0.15, 0.2) is 0 Å². The van der Waals surface area contributed by atoms with Crippen LogP contribution in [0.3, 0.4) is 0 Å². The number of nitrogens with zero attached hydrogens (tertiary/aromatic N) is 1. The Balaban J connectivity index is 1.20. The average molecular weight is 657 g/mol. The minimum Gasteiger partial charge on any atom is -0.404 e. The van der Waals surface area contributed by atoms with E-state index in [9.17, 15) is 14.4 Å². The quantitative estimate of drug-likeness (QED) is 0.237. The zero-order chi connectivity index (χ0) is 33.5. The number of nitrogens with one attached hydrogen (secondary N) is 3. The molecule has 0 unspecified atom stereocenters. The fourth-order valence-electron chi connectivity index (χ4n) is 7.69. The van der Waals surface area contributed by atoms with Crippen molar-refractivity contribution < 1.29 is 23.7 Å². The number of hydrogen-bond donors (Lipinski definition) is 3. The summed E-state index contributed by atoms with van der Waals surface area (Å²) in [6, 6.07) is 11.8. The number of benzene rings is 1. The van der Waals surface area contributed by atoms with E-state index in [1.54, 1.807) is 35.7 Å². The lowest BCUT2D eigenvalue weighted by Gasteiger charge is -2.64. The highest BCUT2D eigenvalue weighted by Crippen LogP contribution is 2.65. The summed E-state index contributed by atoms with van der Waals surface area (Å²) in [4.78, 5) is 46.0. The van der Waals surface area contributed by atoms with Crippen LogP contribution in [0, 0.1) is 30.1 Å². The van der Waals surface area contributed by atoms with E-state index in [4.69, 9.17) is 9.31 Å². The van der Waals surface area contributed by atoms with Gasteiger partial charge in [0.1, 0.15) is 6.04 Å².